The second-order valence-electron chi connectivity index (χ2n) is 3.67. The number of hydrogen-bond donors (Lipinski definition) is 0. The van der Waals surface area contributed by atoms with Gasteiger partial charge in [-0.25, -0.2) is 0 Å². The van der Waals surface area contributed by atoms with E-state index in [0.29, 0.717) is 0 Å². The van der Waals surface area contributed by atoms with Crippen molar-refractivity contribution < 1.29 is 0 Å². The van der Waals surface area contributed by atoms with E-state index in [1.165, 1.54) is 5.56 Å². The molecule has 0 aliphatic heterocycles. The van der Waals surface area contributed by atoms with Gasteiger partial charge in [-0.15, -0.1) is 0 Å². The summed E-state index contributed by atoms with van der Waals surface area (Å²) in [4.78, 5) is 0. The highest BCUT2D eigenvalue weighted by molar-refractivity contribution is 9.10. The van der Waals surface area contributed by atoms with Crippen LogP contribution < -0.4 is 0 Å². The third kappa shape index (κ3) is 2.33. The lowest BCUT2D eigenvalue weighted by Gasteiger charge is -2.18. The van der Waals surface area contributed by atoms with Crippen molar-refractivity contribution in [3.63, 3.8) is 0 Å². The van der Waals surface area contributed by atoms with E-state index in [9.17, 15) is 0 Å². The van der Waals surface area contributed by atoms with Crippen LogP contribution in [0.4, 0.5) is 0 Å². The first-order valence-corrected chi connectivity index (χ1v) is 4.47. The molecule has 0 spiro atoms. The quantitative estimate of drug-likeness (QED) is 0.616. The van der Waals surface area contributed by atoms with E-state index in [4.69, 9.17) is 0 Å². The molecule has 0 aromatic heterocycles. The lowest BCUT2D eigenvalue weighted by Crippen LogP contribution is -2.10. The van der Waals surface area contributed by atoms with Crippen molar-refractivity contribution in [3.05, 3.63) is 34.3 Å². The Morgan fingerprint density at radius 1 is 1.27 bits per heavy atom. The van der Waals surface area contributed by atoms with Crippen LogP contribution >= 0.6 is 15.9 Å². The van der Waals surface area contributed by atoms with Crippen molar-refractivity contribution >= 4 is 15.9 Å². The molecule has 0 saturated heterocycles. The van der Waals surface area contributed by atoms with E-state index in [0.717, 1.165) is 4.47 Å². The van der Waals surface area contributed by atoms with Crippen molar-refractivity contribution in [1.82, 2.24) is 0 Å². The maximum atomic E-state index is 3.38. The highest BCUT2D eigenvalue weighted by Gasteiger charge is 2.12. The summed E-state index contributed by atoms with van der Waals surface area (Å²) in [5, 5.41) is 0. The smallest absolute Gasteiger partial charge is 0.0181 e. The summed E-state index contributed by atoms with van der Waals surface area (Å²) in [6.07, 6.45) is 0. The molecule has 1 aromatic carbocycles. The molecule has 0 N–H and O–H groups in total. The normalized spacial score (nSPS) is 11.6. The average molecular weight is 212 g/mol. The lowest BCUT2D eigenvalue weighted by molar-refractivity contribution is 0.589. The summed E-state index contributed by atoms with van der Waals surface area (Å²) < 4.78 is 1.09. The van der Waals surface area contributed by atoms with Gasteiger partial charge in [0, 0.05) is 4.47 Å². The fraction of sp³-hybridized carbons (Fsp3) is 0.400. The van der Waals surface area contributed by atoms with Gasteiger partial charge in [-0.05, 0) is 29.2 Å². The molecule has 1 aromatic rings. The Balaban J connectivity index is 2.99. The molecule has 0 heterocycles. The molecule has 11 heavy (non-hydrogen) atoms. The van der Waals surface area contributed by atoms with E-state index in [1.54, 1.807) is 0 Å². The van der Waals surface area contributed by atoms with E-state index in [2.05, 4.69) is 54.9 Å². The minimum atomic E-state index is 0.209. The zero-order valence-electron chi connectivity index (χ0n) is 7.11. The summed E-state index contributed by atoms with van der Waals surface area (Å²) in [6, 6.07) is 9.34. The first-order valence-electron chi connectivity index (χ1n) is 3.68. The van der Waals surface area contributed by atoms with E-state index in [-0.39, 0.29) is 5.41 Å². The van der Waals surface area contributed by atoms with Gasteiger partial charge >= 0.3 is 0 Å². The Kier molecular flexibility index (Phi) is 2.38. The molecule has 0 aliphatic rings. The third-order valence-corrected chi connectivity index (χ3v) is 2.08. The maximum Gasteiger partial charge on any atom is 0.0181 e. The third-order valence-electron chi connectivity index (χ3n) is 1.58. The molecule has 0 nitrogen and oxygen atoms in total. The summed E-state index contributed by atoms with van der Waals surface area (Å²) in [7, 11) is 0. The highest BCUT2D eigenvalue weighted by Crippen LogP contribution is 2.22. The second-order valence-corrected chi connectivity index (χ2v) is 4.59. The van der Waals surface area contributed by atoms with Crippen LogP contribution in [0.15, 0.2) is 22.7 Å². The van der Waals surface area contributed by atoms with Gasteiger partial charge in [-0.1, -0.05) is 42.8 Å². The minimum absolute atomic E-state index is 0.209. The SMILES string of the molecule is CC(C)(C)c1[c]cc(Br)cc1. The molecule has 1 rings (SSSR count). The predicted molar refractivity (Wildman–Crippen MR) is 51.7 cm³/mol. The fourth-order valence-electron chi connectivity index (χ4n) is 0.872. The Labute approximate surface area is 76.8 Å². The molecule has 1 radical (unpaired) electrons. The van der Waals surface area contributed by atoms with Gasteiger partial charge in [0.1, 0.15) is 0 Å². The molecule has 0 unspecified atom stereocenters. The minimum Gasteiger partial charge on any atom is -0.0568 e. The lowest BCUT2D eigenvalue weighted by atomic mass is 9.87. The molecule has 0 aliphatic carbocycles. The molecule has 0 bridgehead atoms. The van der Waals surface area contributed by atoms with Crippen molar-refractivity contribution in [1.29, 1.82) is 0 Å². The van der Waals surface area contributed by atoms with Crippen LogP contribution in [0.2, 0.25) is 0 Å². The molecule has 0 amide bonds. The number of halogens is 1. The van der Waals surface area contributed by atoms with Gasteiger partial charge in [-0.2, -0.15) is 0 Å². The van der Waals surface area contributed by atoms with Crippen LogP contribution in [0.3, 0.4) is 0 Å². The Morgan fingerprint density at radius 2 is 1.91 bits per heavy atom. The van der Waals surface area contributed by atoms with Crippen LogP contribution in [-0.4, -0.2) is 0 Å². The van der Waals surface area contributed by atoms with Gasteiger partial charge in [0.2, 0.25) is 0 Å². The Morgan fingerprint density at radius 3 is 2.27 bits per heavy atom. The Hall–Kier alpha value is -0.300. The number of benzene rings is 1. The van der Waals surface area contributed by atoms with Crippen LogP contribution in [0, 0.1) is 6.07 Å². The second kappa shape index (κ2) is 2.98. The molecule has 0 fully saturated rings. The maximum absolute atomic E-state index is 3.38. The molecule has 1 heteroatoms. The molecule has 0 saturated carbocycles. The average Bonchev–Trinajstić information content (AvgIpc) is 1.86. The summed E-state index contributed by atoms with van der Waals surface area (Å²) in [6.45, 7) is 6.56. The highest BCUT2D eigenvalue weighted by atomic mass is 79.9. The van der Waals surface area contributed by atoms with Crippen LogP contribution in [0.5, 0.6) is 0 Å². The molecule has 59 valence electrons. The largest absolute Gasteiger partial charge is 0.0568 e. The van der Waals surface area contributed by atoms with E-state index in [1.807, 2.05) is 6.07 Å². The fourth-order valence-corrected chi connectivity index (χ4v) is 1.12. The van der Waals surface area contributed by atoms with Gasteiger partial charge in [0.15, 0.2) is 0 Å². The van der Waals surface area contributed by atoms with Crippen LogP contribution in [0.25, 0.3) is 0 Å². The zero-order valence-corrected chi connectivity index (χ0v) is 8.70. The van der Waals surface area contributed by atoms with Crippen LogP contribution in [-0.2, 0) is 5.41 Å². The van der Waals surface area contributed by atoms with Crippen molar-refractivity contribution in [2.24, 2.45) is 0 Å². The van der Waals surface area contributed by atoms with E-state index < -0.39 is 0 Å². The van der Waals surface area contributed by atoms with Crippen LogP contribution in [0.1, 0.15) is 26.3 Å². The van der Waals surface area contributed by atoms with Crippen molar-refractivity contribution in [2.45, 2.75) is 26.2 Å². The Bertz CT molecular complexity index is 228. The number of rotatable bonds is 0. The molecular weight excluding hydrogens is 200 g/mol. The standard InChI is InChI=1S/C10H12Br/c1-10(2,3)8-4-6-9(11)7-5-8/h4,6-7H,1-3H3. The number of hydrogen-bond acceptors (Lipinski definition) is 0. The van der Waals surface area contributed by atoms with Gasteiger partial charge in [0.05, 0.1) is 0 Å². The molecule has 0 atom stereocenters. The summed E-state index contributed by atoms with van der Waals surface area (Å²) >= 11 is 3.38. The summed E-state index contributed by atoms with van der Waals surface area (Å²) in [5.74, 6) is 0. The predicted octanol–water partition coefficient (Wildman–Crippen LogP) is 3.55. The molecular formula is C10H12Br. The van der Waals surface area contributed by atoms with Gasteiger partial charge in [-0.3, -0.25) is 0 Å². The van der Waals surface area contributed by atoms with Gasteiger partial charge in [0.25, 0.3) is 0 Å². The summed E-state index contributed by atoms with van der Waals surface area (Å²) in [5.41, 5.74) is 1.46. The van der Waals surface area contributed by atoms with E-state index >= 15 is 0 Å². The zero-order chi connectivity index (χ0) is 8.48. The van der Waals surface area contributed by atoms with Crippen molar-refractivity contribution in [2.75, 3.05) is 0 Å². The first-order chi connectivity index (χ1) is 5.00. The van der Waals surface area contributed by atoms with Crippen molar-refractivity contribution in [3.8, 4) is 0 Å². The van der Waals surface area contributed by atoms with Gasteiger partial charge < -0.3 is 0 Å². The monoisotopic (exact) mass is 211 g/mol. The first kappa shape index (κ1) is 8.79. The topological polar surface area (TPSA) is 0 Å².